The van der Waals surface area contributed by atoms with Gasteiger partial charge in [-0.25, -0.2) is 0 Å². The van der Waals surface area contributed by atoms with Crippen LogP contribution in [0.4, 0.5) is 0 Å². The molecule has 1 amide bonds. The lowest BCUT2D eigenvalue weighted by molar-refractivity contribution is -0.124. The molecule has 1 aliphatic carbocycles. The second kappa shape index (κ2) is 8.48. The zero-order chi connectivity index (χ0) is 13.4. The third kappa shape index (κ3) is 5.36. The molecule has 0 bridgehead atoms. The molecule has 2 atom stereocenters. The van der Waals surface area contributed by atoms with E-state index < -0.39 is 0 Å². The van der Waals surface area contributed by atoms with Crippen molar-refractivity contribution in [3.63, 3.8) is 0 Å². The third-order valence-corrected chi connectivity index (χ3v) is 3.78. The fraction of sp³-hybridized carbons (Fsp3) is 0.929. The largest absolute Gasteiger partial charge is 0.382 e. The minimum atomic E-state index is 0.109. The van der Waals surface area contributed by atoms with E-state index in [-0.39, 0.29) is 5.91 Å². The van der Waals surface area contributed by atoms with Crippen molar-refractivity contribution >= 4 is 5.91 Å². The van der Waals surface area contributed by atoms with E-state index >= 15 is 0 Å². The Morgan fingerprint density at radius 3 is 2.44 bits per heavy atom. The van der Waals surface area contributed by atoms with Crippen LogP contribution in [0.2, 0.25) is 0 Å². The van der Waals surface area contributed by atoms with Gasteiger partial charge in [-0.2, -0.15) is 0 Å². The fourth-order valence-corrected chi connectivity index (χ4v) is 2.63. The Morgan fingerprint density at radius 2 is 1.83 bits per heavy atom. The Labute approximate surface area is 110 Å². The molecule has 4 nitrogen and oxygen atoms in total. The van der Waals surface area contributed by atoms with Crippen LogP contribution in [0.15, 0.2) is 0 Å². The summed E-state index contributed by atoms with van der Waals surface area (Å²) in [6.07, 6.45) is 4.17. The Hall–Kier alpha value is -0.610. The molecule has 0 aromatic rings. The van der Waals surface area contributed by atoms with Gasteiger partial charge in [0.2, 0.25) is 5.91 Å². The lowest BCUT2D eigenvalue weighted by Gasteiger charge is -2.35. The standard InChI is InChI=1S/C14H27NO3/c1-11-5-4-6-12(2)14(11)15-13(16)7-8-18-10-9-17-3/h11-12,14H,4-10H2,1-3H3,(H,15,16)/t11-,12-/m0/s1. The molecule has 0 aromatic heterocycles. The first-order chi connectivity index (χ1) is 8.65. The van der Waals surface area contributed by atoms with Crippen LogP contribution in [-0.2, 0) is 14.3 Å². The van der Waals surface area contributed by atoms with E-state index in [1.165, 1.54) is 19.3 Å². The normalized spacial score (nSPS) is 25.1. The Kier molecular flexibility index (Phi) is 7.28. The number of hydrogen-bond donors (Lipinski definition) is 1. The molecule has 1 aliphatic rings. The minimum Gasteiger partial charge on any atom is -0.382 e. The van der Waals surface area contributed by atoms with Gasteiger partial charge in [-0.3, -0.25) is 4.79 Å². The monoisotopic (exact) mass is 257 g/mol. The zero-order valence-corrected chi connectivity index (χ0v) is 11.9. The van der Waals surface area contributed by atoms with E-state index in [1.54, 1.807) is 7.11 Å². The van der Waals surface area contributed by atoms with Gasteiger partial charge < -0.3 is 14.8 Å². The topological polar surface area (TPSA) is 47.6 Å². The maximum Gasteiger partial charge on any atom is 0.222 e. The lowest BCUT2D eigenvalue weighted by Crippen LogP contribution is -2.46. The average molecular weight is 257 g/mol. The predicted molar refractivity (Wildman–Crippen MR) is 71.4 cm³/mol. The van der Waals surface area contributed by atoms with E-state index in [0.29, 0.717) is 44.1 Å². The highest BCUT2D eigenvalue weighted by Crippen LogP contribution is 2.28. The van der Waals surface area contributed by atoms with Crippen molar-refractivity contribution in [3.05, 3.63) is 0 Å². The average Bonchev–Trinajstić information content (AvgIpc) is 2.34. The summed E-state index contributed by atoms with van der Waals surface area (Å²) in [5.41, 5.74) is 0. The second-order valence-electron chi connectivity index (χ2n) is 5.33. The van der Waals surface area contributed by atoms with Gasteiger partial charge in [0.1, 0.15) is 0 Å². The maximum atomic E-state index is 11.8. The van der Waals surface area contributed by atoms with Crippen LogP contribution < -0.4 is 5.32 Å². The van der Waals surface area contributed by atoms with Crippen molar-refractivity contribution in [3.8, 4) is 0 Å². The van der Waals surface area contributed by atoms with Crippen molar-refractivity contribution in [1.82, 2.24) is 5.32 Å². The smallest absolute Gasteiger partial charge is 0.222 e. The molecule has 1 saturated carbocycles. The van der Waals surface area contributed by atoms with Gasteiger partial charge in [0.25, 0.3) is 0 Å². The minimum absolute atomic E-state index is 0.109. The molecule has 0 saturated heterocycles. The second-order valence-corrected chi connectivity index (χ2v) is 5.33. The van der Waals surface area contributed by atoms with E-state index in [9.17, 15) is 4.79 Å². The number of nitrogens with one attached hydrogen (secondary N) is 1. The number of carbonyl (C=O) groups excluding carboxylic acids is 1. The highest BCUT2D eigenvalue weighted by molar-refractivity contribution is 5.76. The summed E-state index contributed by atoms with van der Waals surface area (Å²) in [5.74, 6) is 1.29. The summed E-state index contributed by atoms with van der Waals surface area (Å²) < 4.78 is 10.2. The molecule has 0 radical (unpaired) electrons. The number of amides is 1. The van der Waals surface area contributed by atoms with Gasteiger partial charge in [-0.05, 0) is 24.7 Å². The summed E-state index contributed by atoms with van der Waals surface area (Å²) in [5, 5.41) is 3.16. The molecule has 1 rings (SSSR count). The van der Waals surface area contributed by atoms with E-state index in [2.05, 4.69) is 19.2 Å². The highest BCUT2D eigenvalue weighted by Gasteiger charge is 2.28. The summed E-state index contributed by atoms with van der Waals surface area (Å²) >= 11 is 0. The molecule has 106 valence electrons. The number of carbonyl (C=O) groups is 1. The van der Waals surface area contributed by atoms with Crippen molar-refractivity contribution in [2.45, 2.75) is 45.6 Å². The van der Waals surface area contributed by atoms with Crippen LogP contribution >= 0.6 is 0 Å². The molecule has 1 fully saturated rings. The van der Waals surface area contributed by atoms with Crippen LogP contribution in [0.25, 0.3) is 0 Å². The van der Waals surface area contributed by atoms with E-state index in [1.807, 2.05) is 0 Å². The van der Waals surface area contributed by atoms with Gasteiger partial charge in [-0.1, -0.05) is 20.3 Å². The number of hydrogen-bond acceptors (Lipinski definition) is 3. The first-order valence-corrected chi connectivity index (χ1v) is 7.01. The molecular weight excluding hydrogens is 230 g/mol. The van der Waals surface area contributed by atoms with Crippen LogP contribution in [0.5, 0.6) is 0 Å². The summed E-state index contributed by atoms with van der Waals surface area (Å²) in [4.78, 5) is 11.8. The van der Waals surface area contributed by atoms with Crippen molar-refractivity contribution in [2.24, 2.45) is 11.8 Å². The van der Waals surface area contributed by atoms with Crippen LogP contribution in [0, 0.1) is 11.8 Å². The Morgan fingerprint density at radius 1 is 1.17 bits per heavy atom. The zero-order valence-electron chi connectivity index (χ0n) is 11.9. The molecule has 0 aliphatic heterocycles. The van der Waals surface area contributed by atoms with Crippen molar-refractivity contribution in [1.29, 1.82) is 0 Å². The Balaban J connectivity index is 2.18. The fourth-order valence-electron chi connectivity index (χ4n) is 2.63. The Bertz CT molecular complexity index is 235. The van der Waals surface area contributed by atoms with Crippen molar-refractivity contribution in [2.75, 3.05) is 26.9 Å². The highest BCUT2D eigenvalue weighted by atomic mass is 16.5. The van der Waals surface area contributed by atoms with Gasteiger partial charge in [0.15, 0.2) is 0 Å². The quantitative estimate of drug-likeness (QED) is 0.709. The van der Waals surface area contributed by atoms with Crippen LogP contribution in [0.3, 0.4) is 0 Å². The molecule has 0 heterocycles. The van der Waals surface area contributed by atoms with Crippen LogP contribution in [0.1, 0.15) is 39.5 Å². The first-order valence-electron chi connectivity index (χ1n) is 7.01. The molecule has 0 unspecified atom stereocenters. The van der Waals surface area contributed by atoms with E-state index in [4.69, 9.17) is 9.47 Å². The number of methoxy groups -OCH3 is 1. The predicted octanol–water partition coefficient (Wildman–Crippen LogP) is 1.98. The van der Waals surface area contributed by atoms with Gasteiger partial charge in [-0.15, -0.1) is 0 Å². The lowest BCUT2D eigenvalue weighted by atomic mass is 9.78. The molecule has 0 aromatic carbocycles. The molecule has 18 heavy (non-hydrogen) atoms. The molecule has 1 N–H and O–H groups in total. The first kappa shape index (κ1) is 15.4. The number of ether oxygens (including phenoxy) is 2. The molecule has 0 spiro atoms. The summed E-state index contributed by atoms with van der Waals surface area (Å²) in [7, 11) is 1.64. The van der Waals surface area contributed by atoms with E-state index in [0.717, 1.165) is 0 Å². The van der Waals surface area contributed by atoms with Crippen LogP contribution in [-0.4, -0.2) is 38.9 Å². The third-order valence-electron chi connectivity index (χ3n) is 3.78. The van der Waals surface area contributed by atoms with Gasteiger partial charge in [0, 0.05) is 19.6 Å². The van der Waals surface area contributed by atoms with Gasteiger partial charge in [0.05, 0.1) is 19.8 Å². The maximum absolute atomic E-state index is 11.8. The summed E-state index contributed by atoms with van der Waals surface area (Å²) in [6, 6.07) is 0.338. The van der Waals surface area contributed by atoms with Gasteiger partial charge >= 0.3 is 0 Å². The summed E-state index contributed by atoms with van der Waals surface area (Å²) in [6.45, 7) is 6.08. The number of rotatable bonds is 7. The molecular formula is C14H27NO3. The SMILES string of the molecule is COCCOCCC(=O)NC1[C@@H](C)CCC[C@@H]1C. The molecule has 4 heteroatoms. The van der Waals surface area contributed by atoms with Crippen molar-refractivity contribution < 1.29 is 14.3 Å².